The summed E-state index contributed by atoms with van der Waals surface area (Å²) >= 11 is 0. The minimum Gasteiger partial charge on any atom is -0.314 e. The fraction of sp³-hybridized carbons (Fsp3) is 0.500. The van der Waals surface area contributed by atoms with Crippen molar-refractivity contribution in [3.8, 4) is 0 Å². The van der Waals surface area contributed by atoms with Crippen molar-refractivity contribution in [2.75, 3.05) is 19.6 Å². The lowest BCUT2D eigenvalue weighted by atomic mass is 10.0. The summed E-state index contributed by atoms with van der Waals surface area (Å²) in [5, 5.41) is 3.01. The molecule has 0 unspecified atom stereocenters. The lowest BCUT2D eigenvalue weighted by Gasteiger charge is -2.41. The molecule has 1 aliphatic heterocycles. The van der Waals surface area contributed by atoms with Gasteiger partial charge in [-0.05, 0) is 13.8 Å². The molecule has 4 nitrogen and oxygen atoms in total. The molecule has 20 heavy (non-hydrogen) atoms. The molecule has 1 fully saturated rings. The van der Waals surface area contributed by atoms with Crippen LogP contribution in [0.15, 0.2) is 17.0 Å². The van der Waals surface area contributed by atoms with E-state index in [0.717, 1.165) is 4.31 Å². The van der Waals surface area contributed by atoms with Gasteiger partial charge in [-0.15, -0.1) is 0 Å². The summed E-state index contributed by atoms with van der Waals surface area (Å²) in [4.78, 5) is -1.10. The van der Waals surface area contributed by atoms with E-state index in [1.54, 1.807) is 13.8 Å². The first-order valence-corrected chi connectivity index (χ1v) is 7.48. The van der Waals surface area contributed by atoms with Crippen LogP contribution in [0.2, 0.25) is 0 Å². The minimum absolute atomic E-state index is 0.0889. The van der Waals surface area contributed by atoms with Gasteiger partial charge in [0.05, 0.1) is 0 Å². The monoisotopic (exact) mass is 308 g/mol. The summed E-state index contributed by atoms with van der Waals surface area (Å²) in [5.74, 6) is -3.99. The molecule has 0 radical (unpaired) electrons. The van der Waals surface area contributed by atoms with Crippen molar-refractivity contribution in [2.24, 2.45) is 0 Å². The summed E-state index contributed by atoms with van der Waals surface area (Å²) in [5.41, 5.74) is -0.829. The number of nitrogens with zero attached hydrogens (tertiary/aromatic N) is 1. The van der Waals surface area contributed by atoms with Gasteiger partial charge in [0.2, 0.25) is 10.0 Å². The Labute approximate surface area is 115 Å². The van der Waals surface area contributed by atoms with Gasteiger partial charge in [0, 0.05) is 37.3 Å². The Bertz CT molecular complexity index is 609. The molecule has 0 aromatic heterocycles. The van der Waals surface area contributed by atoms with Gasteiger partial charge in [0.15, 0.2) is 4.90 Å². The second-order valence-electron chi connectivity index (χ2n) is 5.26. The zero-order valence-electron chi connectivity index (χ0n) is 11.1. The molecule has 0 amide bonds. The molecular weight excluding hydrogens is 293 g/mol. The van der Waals surface area contributed by atoms with Crippen molar-refractivity contribution in [1.82, 2.24) is 9.62 Å². The summed E-state index contributed by atoms with van der Waals surface area (Å²) in [6, 6.07) is 0.732. The van der Waals surface area contributed by atoms with Crippen molar-refractivity contribution in [3.63, 3.8) is 0 Å². The highest BCUT2D eigenvalue weighted by molar-refractivity contribution is 7.89. The molecule has 0 bridgehead atoms. The van der Waals surface area contributed by atoms with Crippen molar-refractivity contribution in [1.29, 1.82) is 0 Å². The van der Waals surface area contributed by atoms with Crippen LogP contribution in [-0.2, 0) is 10.0 Å². The molecule has 1 N–H and O–H groups in total. The normalized spacial score (nSPS) is 20.1. The zero-order chi connectivity index (χ0) is 15.1. The highest BCUT2D eigenvalue weighted by Gasteiger charge is 2.41. The van der Waals surface area contributed by atoms with E-state index < -0.39 is 37.9 Å². The number of hydrogen-bond acceptors (Lipinski definition) is 3. The maximum atomic E-state index is 13.7. The van der Waals surface area contributed by atoms with Gasteiger partial charge in [0.25, 0.3) is 0 Å². The number of sulfonamides is 1. The quantitative estimate of drug-likeness (QED) is 0.900. The van der Waals surface area contributed by atoms with Gasteiger partial charge in [-0.3, -0.25) is 0 Å². The molecule has 0 atom stereocenters. The number of hydrogen-bond donors (Lipinski definition) is 1. The standard InChI is InChI=1S/C12H15F3N2O2S/c1-12(2)7-16-3-4-17(12)20(18,19)11-9(14)5-8(13)6-10(11)15/h5-6,16H,3-4,7H2,1-2H3. The smallest absolute Gasteiger partial charge is 0.249 e. The zero-order valence-corrected chi connectivity index (χ0v) is 11.9. The van der Waals surface area contributed by atoms with Gasteiger partial charge < -0.3 is 5.32 Å². The molecule has 0 saturated carbocycles. The van der Waals surface area contributed by atoms with E-state index in [-0.39, 0.29) is 6.54 Å². The van der Waals surface area contributed by atoms with Crippen LogP contribution in [0.3, 0.4) is 0 Å². The predicted octanol–water partition coefficient (Wildman–Crippen LogP) is 1.48. The van der Waals surface area contributed by atoms with Gasteiger partial charge in [0.1, 0.15) is 17.5 Å². The topological polar surface area (TPSA) is 49.4 Å². The number of rotatable bonds is 2. The van der Waals surface area contributed by atoms with E-state index in [0.29, 0.717) is 25.2 Å². The van der Waals surface area contributed by atoms with Crippen LogP contribution in [0.25, 0.3) is 0 Å². The number of benzene rings is 1. The predicted molar refractivity (Wildman–Crippen MR) is 67.2 cm³/mol. The van der Waals surface area contributed by atoms with Crippen LogP contribution >= 0.6 is 0 Å². The van der Waals surface area contributed by atoms with E-state index in [4.69, 9.17) is 0 Å². The maximum Gasteiger partial charge on any atom is 0.249 e. The van der Waals surface area contributed by atoms with Crippen LogP contribution in [0, 0.1) is 17.5 Å². The van der Waals surface area contributed by atoms with E-state index in [2.05, 4.69) is 5.32 Å². The van der Waals surface area contributed by atoms with Crippen LogP contribution in [0.4, 0.5) is 13.2 Å². The van der Waals surface area contributed by atoms with Gasteiger partial charge in [-0.25, -0.2) is 21.6 Å². The van der Waals surface area contributed by atoms with Crippen molar-refractivity contribution < 1.29 is 21.6 Å². The minimum atomic E-state index is -4.37. The Morgan fingerprint density at radius 3 is 2.25 bits per heavy atom. The average molecular weight is 308 g/mol. The largest absolute Gasteiger partial charge is 0.314 e. The summed E-state index contributed by atoms with van der Waals surface area (Å²) in [6.45, 7) is 4.13. The maximum absolute atomic E-state index is 13.7. The lowest BCUT2D eigenvalue weighted by Crippen LogP contribution is -2.59. The first-order chi connectivity index (χ1) is 9.16. The van der Waals surface area contributed by atoms with Crippen molar-refractivity contribution in [3.05, 3.63) is 29.6 Å². The average Bonchev–Trinajstić information content (AvgIpc) is 2.25. The highest BCUT2D eigenvalue weighted by Crippen LogP contribution is 2.29. The van der Waals surface area contributed by atoms with Crippen molar-refractivity contribution in [2.45, 2.75) is 24.3 Å². The molecular formula is C12H15F3N2O2S. The SMILES string of the molecule is CC1(C)CNCCN1S(=O)(=O)c1c(F)cc(F)cc1F. The highest BCUT2D eigenvalue weighted by atomic mass is 32.2. The Morgan fingerprint density at radius 1 is 1.20 bits per heavy atom. The molecule has 8 heteroatoms. The van der Waals surface area contributed by atoms with E-state index >= 15 is 0 Å². The van der Waals surface area contributed by atoms with Crippen LogP contribution in [-0.4, -0.2) is 37.9 Å². The number of halogens is 3. The molecule has 0 spiro atoms. The summed E-state index contributed by atoms with van der Waals surface area (Å²) < 4.78 is 66.3. The second kappa shape index (κ2) is 5.01. The first-order valence-electron chi connectivity index (χ1n) is 6.04. The molecule has 1 saturated heterocycles. The molecule has 112 valence electrons. The number of piperazine rings is 1. The van der Waals surface area contributed by atoms with E-state index in [9.17, 15) is 21.6 Å². The van der Waals surface area contributed by atoms with Crippen LogP contribution in [0.1, 0.15) is 13.8 Å². The fourth-order valence-electron chi connectivity index (χ4n) is 2.30. The first kappa shape index (κ1) is 15.3. The van der Waals surface area contributed by atoms with Crippen LogP contribution < -0.4 is 5.32 Å². The molecule has 1 aliphatic rings. The third-order valence-corrected chi connectivity index (χ3v) is 5.40. The lowest BCUT2D eigenvalue weighted by molar-refractivity contribution is 0.185. The Balaban J connectivity index is 2.56. The molecule has 1 aromatic rings. The molecule has 1 heterocycles. The van der Waals surface area contributed by atoms with E-state index in [1.165, 1.54) is 0 Å². The third-order valence-electron chi connectivity index (χ3n) is 3.24. The Kier molecular flexibility index (Phi) is 3.83. The summed E-state index contributed by atoms with van der Waals surface area (Å²) in [7, 11) is -4.37. The van der Waals surface area contributed by atoms with E-state index in [1.807, 2.05) is 0 Å². The second-order valence-corrected chi connectivity index (χ2v) is 7.06. The summed E-state index contributed by atoms with van der Waals surface area (Å²) in [6.07, 6.45) is 0. The van der Waals surface area contributed by atoms with Gasteiger partial charge in [-0.2, -0.15) is 4.31 Å². The molecule has 2 rings (SSSR count). The fourth-order valence-corrected chi connectivity index (χ4v) is 4.17. The Hall–Kier alpha value is -1.12. The van der Waals surface area contributed by atoms with Crippen LogP contribution in [0.5, 0.6) is 0 Å². The van der Waals surface area contributed by atoms with Crippen molar-refractivity contribution >= 4 is 10.0 Å². The Morgan fingerprint density at radius 2 is 1.75 bits per heavy atom. The number of nitrogens with one attached hydrogen (secondary N) is 1. The van der Waals surface area contributed by atoms with Gasteiger partial charge >= 0.3 is 0 Å². The molecule has 1 aromatic carbocycles. The third kappa shape index (κ3) is 2.55. The van der Waals surface area contributed by atoms with Gasteiger partial charge in [-0.1, -0.05) is 0 Å². The molecule has 0 aliphatic carbocycles.